The van der Waals surface area contributed by atoms with Crippen molar-refractivity contribution in [1.82, 2.24) is 0 Å². The molecule has 0 aliphatic rings. The first-order valence-corrected chi connectivity index (χ1v) is 13.4. The maximum atomic E-state index is 14.9. The van der Waals surface area contributed by atoms with Crippen molar-refractivity contribution in [2.75, 3.05) is 0 Å². The standard InChI is InChI=1S/C33H42F8O/c1-19(2)12-13-20(3)21(4)14-15-22(5)25(8)18-29(34)26(9)23(6)16-17-24(7)27(10)30(35)31(36)28(11)42-33(40,41)32(37,38)39/h16-22H,6-15H2,1-5H3/b17-16-,29-18+,31-30-. The fraction of sp³-hybridized carbons (Fsp3) is 0.455. The van der Waals surface area contributed by atoms with Crippen LogP contribution in [0.3, 0.4) is 0 Å². The maximum absolute atomic E-state index is 14.9. The molecule has 3 atom stereocenters. The highest BCUT2D eigenvalue weighted by Crippen LogP contribution is 2.40. The van der Waals surface area contributed by atoms with E-state index in [2.05, 4.69) is 71.9 Å². The van der Waals surface area contributed by atoms with Gasteiger partial charge in [0.25, 0.3) is 0 Å². The predicted molar refractivity (Wildman–Crippen MR) is 155 cm³/mol. The van der Waals surface area contributed by atoms with Gasteiger partial charge in [0.1, 0.15) is 5.83 Å². The van der Waals surface area contributed by atoms with Crippen LogP contribution in [0.5, 0.6) is 0 Å². The second kappa shape index (κ2) is 16.5. The van der Waals surface area contributed by atoms with Crippen LogP contribution in [-0.4, -0.2) is 12.3 Å². The zero-order chi connectivity index (χ0) is 33.2. The summed E-state index contributed by atoms with van der Waals surface area (Å²) < 4.78 is 109. The van der Waals surface area contributed by atoms with Gasteiger partial charge >= 0.3 is 12.3 Å². The van der Waals surface area contributed by atoms with Crippen molar-refractivity contribution in [3.63, 3.8) is 0 Å². The lowest BCUT2D eigenvalue weighted by Crippen LogP contribution is -2.38. The Balaban J connectivity index is 5.25. The summed E-state index contributed by atoms with van der Waals surface area (Å²) in [6.45, 7) is 31.3. The average Bonchev–Trinajstić information content (AvgIpc) is 2.89. The first-order chi connectivity index (χ1) is 19.0. The van der Waals surface area contributed by atoms with Gasteiger partial charge in [0.05, 0.1) is 0 Å². The van der Waals surface area contributed by atoms with Crippen molar-refractivity contribution < 1.29 is 39.9 Å². The molecule has 42 heavy (non-hydrogen) atoms. The van der Waals surface area contributed by atoms with Crippen LogP contribution >= 0.6 is 0 Å². The largest absolute Gasteiger partial charge is 0.499 e. The number of allylic oxidation sites excluding steroid dienone is 11. The number of alkyl halides is 5. The van der Waals surface area contributed by atoms with E-state index < -0.39 is 41.1 Å². The Morgan fingerprint density at radius 1 is 0.667 bits per heavy atom. The Bertz CT molecular complexity index is 1130. The number of hydrogen-bond acceptors (Lipinski definition) is 1. The van der Waals surface area contributed by atoms with Crippen molar-refractivity contribution in [2.45, 2.75) is 72.6 Å². The summed E-state index contributed by atoms with van der Waals surface area (Å²) >= 11 is 0. The molecule has 0 rings (SSSR count). The fourth-order valence-electron chi connectivity index (χ4n) is 3.46. The molecule has 0 aromatic heterocycles. The molecule has 0 N–H and O–H groups in total. The zero-order valence-corrected chi connectivity index (χ0v) is 25.0. The molecule has 9 heteroatoms. The molecule has 0 aromatic rings. The van der Waals surface area contributed by atoms with Crippen LogP contribution in [0, 0.1) is 23.7 Å². The molecule has 0 amide bonds. The summed E-state index contributed by atoms with van der Waals surface area (Å²) in [4.78, 5) is 0. The molecule has 0 fully saturated rings. The van der Waals surface area contributed by atoms with Crippen LogP contribution in [0.1, 0.15) is 60.3 Å². The Hall–Kier alpha value is -3.10. The van der Waals surface area contributed by atoms with Gasteiger partial charge in [-0.2, -0.15) is 26.3 Å². The van der Waals surface area contributed by atoms with Gasteiger partial charge in [-0.15, -0.1) is 0 Å². The van der Waals surface area contributed by atoms with Crippen LogP contribution in [0.2, 0.25) is 0 Å². The Kier molecular flexibility index (Phi) is 15.3. The van der Waals surface area contributed by atoms with Gasteiger partial charge in [0.2, 0.25) is 5.83 Å². The second-order valence-electron chi connectivity index (χ2n) is 11.0. The quantitative estimate of drug-likeness (QED) is 0.0857. The molecule has 3 unspecified atom stereocenters. The molecular formula is C33H42F8O. The molecule has 0 spiro atoms. The third kappa shape index (κ3) is 12.4. The lowest BCUT2D eigenvalue weighted by molar-refractivity contribution is -0.378. The number of ether oxygens (including phenoxy) is 1. The Labute approximate surface area is 245 Å². The van der Waals surface area contributed by atoms with Gasteiger partial charge in [-0.1, -0.05) is 99.1 Å². The number of halogens is 8. The lowest BCUT2D eigenvalue weighted by Gasteiger charge is -2.22. The van der Waals surface area contributed by atoms with E-state index in [1.165, 1.54) is 18.6 Å². The molecule has 0 heterocycles. The van der Waals surface area contributed by atoms with Crippen molar-refractivity contribution in [3.8, 4) is 0 Å². The van der Waals surface area contributed by atoms with Gasteiger partial charge in [0, 0.05) is 11.1 Å². The molecule has 0 radical (unpaired) electrons. The van der Waals surface area contributed by atoms with Crippen molar-refractivity contribution >= 4 is 0 Å². The molecule has 236 valence electrons. The Morgan fingerprint density at radius 2 is 1.12 bits per heavy atom. The van der Waals surface area contributed by atoms with Gasteiger partial charge in [-0.25, -0.2) is 8.78 Å². The third-order valence-electron chi connectivity index (χ3n) is 7.00. The number of rotatable bonds is 18. The highest BCUT2D eigenvalue weighted by atomic mass is 19.4. The summed E-state index contributed by atoms with van der Waals surface area (Å²) in [5, 5.41) is 0. The minimum absolute atomic E-state index is 0.00896. The molecule has 0 aliphatic heterocycles. The van der Waals surface area contributed by atoms with E-state index in [1.807, 2.05) is 6.92 Å². The zero-order valence-electron chi connectivity index (χ0n) is 25.0. The third-order valence-corrected chi connectivity index (χ3v) is 7.00. The SMILES string of the molecule is C=C(/C=C\C(=C)C(=C)/C(F)=C\C(=C)C(C)CCC(C)C(C)CCC(C)C)C(=C)/C(F)=C(/F)C(=C)OC(F)(F)C(F)(F)F. The molecule has 0 saturated heterocycles. The summed E-state index contributed by atoms with van der Waals surface area (Å²) in [5.41, 5.74) is -0.661. The topological polar surface area (TPSA) is 9.23 Å². The molecule has 0 saturated carbocycles. The van der Waals surface area contributed by atoms with E-state index >= 15 is 0 Å². The van der Waals surface area contributed by atoms with Gasteiger partial charge in [-0.05, 0) is 59.3 Å². The van der Waals surface area contributed by atoms with E-state index in [4.69, 9.17) is 0 Å². The molecule has 0 aliphatic carbocycles. The van der Waals surface area contributed by atoms with E-state index in [1.54, 1.807) is 0 Å². The minimum atomic E-state index is -6.18. The molecule has 0 bridgehead atoms. The van der Waals surface area contributed by atoms with Crippen molar-refractivity contribution in [1.29, 1.82) is 0 Å². The van der Waals surface area contributed by atoms with Crippen LogP contribution < -0.4 is 0 Å². The maximum Gasteiger partial charge on any atom is 0.499 e. The van der Waals surface area contributed by atoms with E-state index in [9.17, 15) is 35.1 Å². The van der Waals surface area contributed by atoms with Crippen LogP contribution in [-0.2, 0) is 4.74 Å². The lowest BCUT2D eigenvalue weighted by atomic mass is 9.83. The van der Waals surface area contributed by atoms with Crippen LogP contribution in [0.15, 0.2) is 109 Å². The van der Waals surface area contributed by atoms with Gasteiger partial charge in [0.15, 0.2) is 11.6 Å². The van der Waals surface area contributed by atoms with Crippen molar-refractivity contribution in [3.05, 3.63) is 109 Å². The normalized spacial score (nSPS) is 15.6. The predicted octanol–water partition coefficient (Wildman–Crippen LogP) is 12.1. The number of hydrogen-bond donors (Lipinski definition) is 0. The van der Waals surface area contributed by atoms with Gasteiger partial charge in [-0.3, -0.25) is 0 Å². The minimum Gasteiger partial charge on any atom is -0.423 e. The summed E-state index contributed by atoms with van der Waals surface area (Å²) in [6, 6.07) is 0. The highest BCUT2D eigenvalue weighted by molar-refractivity contribution is 5.53. The first kappa shape index (κ1) is 38.9. The smallest absolute Gasteiger partial charge is 0.423 e. The fourth-order valence-corrected chi connectivity index (χ4v) is 3.46. The monoisotopic (exact) mass is 606 g/mol. The highest BCUT2D eigenvalue weighted by Gasteiger charge is 2.61. The van der Waals surface area contributed by atoms with Crippen LogP contribution in [0.4, 0.5) is 35.1 Å². The van der Waals surface area contributed by atoms with Crippen LogP contribution in [0.25, 0.3) is 0 Å². The summed E-state index contributed by atoms with van der Waals surface area (Å²) in [7, 11) is 0. The molecule has 0 aromatic carbocycles. The van der Waals surface area contributed by atoms with E-state index in [-0.39, 0.29) is 22.6 Å². The molecular weight excluding hydrogens is 564 g/mol. The van der Waals surface area contributed by atoms with Crippen molar-refractivity contribution in [2.24, 2.45) is 23.7 Å². The summed E-state index contributed by atoms with van der Waals surface area (Å²) in [6.07, 6.45) is -4.39. The first-order valence-electron chi connectivity index (χ1n) is 13.4. The van der Waals surface area contributed by atoms with E-state index in [0.717, 1.165) is 25.3 Å². The van der Waals surface area contributed by atoms with Gasteiger partial charge < -0.3 is 4.74 Å². The molecule has 1 nitrogen and oxygen atoms in total. The summed E-state index contributed by atoms with van der Waals surface area (Å²) in [5.74, 6) is -5.03. The Morgan fingerprint density at radius 3 is 1.57 bits per heavy atom. The van der Waals surface area contributed by atoms with E-state index in [0.29, 0.717) is 23.3 Å². The average molecular weight is 607 g/mol. The second-order valence-corrected chi connectivity index (χ2v) is 11.0.